The van der Waals surface area contributed by atoms with Crippen molar-refractivity contribution < 1.29 is 5.11 Å². The molecule has 4 nitrogen and oxygen atoms in total. The van der Waals surface area contributed by atoms with E-state index < -0.39 is 0 Å². The van der Waals surface area contributed by atoms with Crippen molar-refractivity contribution in [1.82, 2.24) is 9.97 Å². The molecule has 0 aliphatic heterocycles. The highest BCUT2D eigenvalue weighted by molar-refractivity contribution is 5.37. The molecule has 2 aliphatic carbocycles. The number of hydrogen-bond donors (Lipinski definition) is 2. The molecule has 3 rings (SSSR count). The predicted molar refractivity (Wildman–Crippen MR) is 70.5 cm³/mol. The summed E-state index contributed by atoms with van der Waals surface area (Å²) in [5.74, 6) is 1.75. The second-order valence-electron chi connectivity index (χ2n) is 5.68. The first-order valence-corrected chi connectivity index (χ1v) is 7.03. The summed E-state index contributed by atoms with van der Waals surface area (Å²) in [5, 5.41) is 13.2. The molecule has 1 heterocycles. The Kier molecular flexibility index (Phi) is 3.20. The molecule has 0 amide bonds. The summed E-state index contributed by atoms with van der Waals surface area (Å²) in [6.07, 6.45) is 9.93. The number of hydrogen-bond acceptors (Lipinski definition) is 4. The maximum Gasteiger partial charge on any atom is 0.139 e. The molecule has 2 fully saturated rings. The largest absolute Gasteiger partial charge is 0.395 e. The lowest BCUT2D eigenvalue weighted by atomic mass is 9.74. The van der Waals surface area contributed by atoms with E-state index in [1.165, 1.54) is 32.1 Å². The van der Waals surface area contributed by atoms with Crippen LogP contribution in [0.2, 0.25) is 0 Å². The van der Waals surface area contributed by atoms with E-state index >= 15 is 0 Å². The normalized spacial score (nSPS) is 22.7. The molecule has 0 atom stereocenters. The maximum atomic E-state index is 9.78. The van der Waals surface area contributed by atoms with Crippen LogP contribution in [-0.2, 0) is 5.41 Å². The minimum Gasteiger partial charge on any atom is -0.395 e. The highest BCUT2D eigenvalue weighted by Crippen LogP contribution is 2.37. The second kappa shape index (κ2) is 4.84. The Morgan fingerprint density at radius 2 is 2.06 bits per heavy atom. The van der Waals surface area contributed by atoms with Gasteiger partial charge in [-0.15, -0.1) is 0 Å². The maximum absolute atomic E-state index is 9.78. The van der Waals surface area contributed by atoms with Gasteiger partial charge in [0.25, 0.3) is 0 Å². The molecule has 98 valence electrons. The molecule has 1 aromatic rings. The van der Waals surface area contributed by atoms with E-state index in [1.807, 2.05) is 12.3 Å². The van der Waals surface area contributed by atoms with Crippen LogP contribution in [0.3, 0.4) is 0 Å². The molecule has 4 heteroatoms. The molecular formula is C14H21N3O. The van der Waals surface area contributed by atoms with Crippen LogP contribution >= 0.6 is 0 Å². The minimum absolute atomic E-state index is 0.167. The summed E-state index contributed by atoms with van der Waals surface area (Å²) in [4.78, 5) is 9.06. The molecule has 0 radical (unpaired) electrons. The van der Waals surface area contributed by atoms with Crippen molar-refractivity contribution in [3.8, 4) is 0 Å². The van der Waals surface area contributed by atoms with Crippen molar-refractivity contribution in [2.45, 2.75) is 56.4 Å². The van der Waals surface area contributed by atoms with Crippen LogP contribution in [-0.4, -0.2) is 27.7 Å². The molecule has 0 bridgehead atoms. The number of nitrogens with one attached hydrogen (secondary N) is 1. The molecule has 0 saturated heterocycles. The number of anilines is 1. The van der Waals surface area contributed by atoms with Gasteiger partial charge in [-0.2, -0.15) is 0 Å². The molecule has 2 N–H and O–H groups in total. The van der Waals surface area contributed by atoms with Gasteiger partial charge < -0.3 is 10.4 Å². The SMILES string of the molecule is OCC1(c2nccc(NC3CC3)n2)CCCCC1. The lowest BCUT2D eigenvalue weighted by Crippen LogP contribution is -2.35. The van der Waals surface area contributed by atoms with Crippen LogP contribution in [0, 0.1) is 0 Å². The average Bonchev–Trinajstić information content (AvgIpc) is 3.24. The van der Waals surface area contributed by atoms with Crippen molar-refractivity contribution in [2.75, 3.05) is 11.9 Å². The molecule has 0 spiro atoms. The number of nitrogens with zero attached hydrogens (tertiary/aromatic N) is 2. The van der Waals surface area contributed by atoms with Crippen LogP contribution in [0.4, 0.5) is 5.82 Å². The Balaban J connectivity index is 1.83. The highest BCUT2D eigenvalue weighted by Gasteiger charge is 2.36. The van der Waals surface area contributed by atoms with E-state index in [0.717, 1.165) is 24.5 Å². The smallest absolute Gasteiger partial charge is 0.139 e. The fourth-order valence-electron chi connectivity index (χ4n) is 2.81. The van der Waals surface area contributed by atoms with Crippen molar-refractivity contribution in [1.29, 1.82) is 0 Å². The summed E-state index contributed by atoms with van der Waals surface area (Å²) in [6.45, 7) is 0.167. The monoisotopic (exact) mass is 247 g/mol. The lowest BCUT2D eigenvalue weighted by molar-refractivity contribution is 0.144. The molecular weight excluding hydrogens is 226 g/mol. The Morgan fingerprint density at radius 1 is 1.28 bits per heavy atom. The van der Waals surface area contributed by atoms with Gasteiger partial charge in [-0.3, -0.25) is 0 Å². The Labute approximate surface area is 108 Å². The van der Waals surface area contributed by atoms with E-state index in [2.05, 4.69) is 15.3 Å². The zero-order chi connectivity index (χ0) is 12.4. The molecule has 2 saturated carbocycles. The quantitative estimate of drug-likeness (QED) is 0.856. The van der Waals surface area contributed by atoms with E-state index in [9.17, 15) is 5.11 Å². The average molecular weight is 247 g/mol. The minimum atomic E-state index is -0.195. The van der Waals surface area contributed by atoms with Crippen molar-refractivity contribution >= 4 is 5.82 Å². The number of aliphatic hydroxyl groups is 1. The molecule has 1 aromatic heterocycles. The van der Waals surface area contributed by atoms with Crippen molar-refractivity contribution in [2.24, 2.45) is 0 Å². The van der Waals surface area contributed by atoms with Crippen molar-refractivity contribution in [3.63, 3.8) is 0 Å². The summed E-state index contributed by atoms with van der Waals surface area (Å²) in [6, 6.07) is 2.53. The van der Waals surface area contributed by atoms with E-state index in [4.69, 9.17) is 0 Å². The first-order valence-electron chi connectivity index (χ1n) is 7.03. The first-order chi connectivity index (χ1) is 8.82. The lowest BCUT2D eigenvalue weighted by Gasteiger charge is -2.34. The van der Waals surface area contributed by atoms with Gasteiger partial charge in [-0.05, 0) is 31.7 Å². The van der Waals surface area contributed by atoms with Crippen LogP contribution < -0.4 is 5.32 Å². The Morgan fingerprint density at radius 3 is 2.72 bits per heavy atom. The standard InChI is InChI=1S/C14H21N3O/c18-10-14(7-2-1-3-8-14)13-15-9-6-12(17-13)16-11-4-5-11/h6,9,11,18H,1-5,7-8,10H2,(H,15,16,17). The first kappa shape index (κ1) is 11.9. The van der Waals surface area contributed by atoms with Gasteiger partial charge in [0, 0.05) is 12.2 Å². The number of rotatable bonds is 4. The third-order valence-electron chi connectivity index (χ3n) is 4.17. The van der Waals surface area contributed by atoms with Crippen LogP contribution in [0.15, 0.2) is 12.3 Å². The number of aliphatic hydroxyl groups excluding tert-OH is 1. The zero-order valence-corrected chi connectivity index (χ0v) is 10.7. The predicted octanol–water partition coefficient (Wildman–Crippen LogP) is 2.25. The van der Waals surface area contributed by atoms with Crippen molar-refractivity contribution in [3.05, 3.63) is 18.1 Å². The van der Waals surface area contributed by atoms with Gasteiger partial charge in [-0.25, -0.2) is 9.97 Å². The summed E-state index contributed by atoms with van der Waals surface area (Å²) < 4.78 is 0. The molecule has 0 unspecified atom stereocenters. The van der Waals surface area contributed by atoms with Gasteiger partial charge in [0.1, 0.15) is 11.6 Å². The van der Waals surface area contributed by atoms with Crippen LogP contribution in [0.1, 0.15) is 50.8 Å². The summed E-state index contributed by atoms with van der Waals surface area (Å²) >= 11 is 0. The van der Waals surface area contributed by atoms with Crippen LogP contribution in [0.5, 0.6) is 0 Å². The molecule has 18 heavy (non-hydrogen) atoms. The van der Waals surface area contributed by atoms with E-state index in [1.54, 1.807) is 0 Å². The summed E-state index contributed by atoms with van der Waals surface area (Å²) in [5.41, 5.74) is -0.195. The van der Waals surface area contributed by atoms with Gasteiger partial charge >= 0.3 is 0 Å². The zero-order valence-electron chi connectivity index (χ0n) is 10.7. The number of aromatic nitrogens is 2. The molecule has 0 aromatic carbocycles. The van der Waals surface area contributed by atoms with Gasteiger partial charge in [0.05, 0.1) is 12.0 Å². The van der Waals surface area contributed by atoms with Gasteiger partial charge in [0.15, 0.2) is 0 Å². The Bertz CT molecular complexity index is 411. The van der Waals surface area contributed by atoms with Crippen LogP contribution in [0.25, 0.3) is 0 Å². The van der Waals surface area contributed by atoms with Gasteiger partial charge in [0.2, 0.25) is 0 Å². The molecule has 2 aliphatic rings. The third-order valence-corrected chi connectivity index (χ3v) is 4.17. The van der Waals surface area contributed by atoms with E-state index in [0.29, 0.717) is 6.04 Å². The Hall–Kier alpha value is -1.16. The van der Waals surface area contributed by atoms with E-state index in [-0.39, 0.29) is 12.0 Å². The topological polar surface area (TPSA) is 58.0 Å². The third kappa shape index (κ3) is 2.34. The fourth-order valence-corrected chi connectivity index (χ4v) is 2.81. The summed E-state index contributed by atoms with van der Waals surface area (Å²) in [7, 11) is 0. The van der Waals surface area contributed by atoms with Gasteiger partial charge in [-0.1, -0.05) is 19.3 Å². The fraction of sp³-hybridized carbons (Fsp3) is 0.714. The highest BCUT2D eigenvalue weighted by atomic mass is 16.3. The second-order valence-corrected chi connectivity index (χ2v) is 5.68.